The number of aryl methyl sites for hydroxylation is 2. The summed E-state index contributed by atoms with van der Waals surface area (Å²) in [5, 5.41) is 27.6. The van der Waals surface area contributed by atoms with Crippen LogP contribution in [-0.2, 0) is 36.9 Å². The van der Waals surface area contributed by atoms with Crippen LogP contribution in [0.15, 0.2) is 36.0 Å². The second-order valence-corrected chi connectivity index (χ2v) is 8.51. The third-order valence-corrected chi connectivity index (χ3v) is 6.58. The van der Waals surface area contributed by atoms with E-state index in [0.717, 1.165) is 25.7 Å². The van der Waals surface area contributed by atoms with Gasteiger partial charge in [0.2, 0.25) is 5.91 Å². The van der Waals surface area contributed by atoms with Crippen molar-refractivity contribution in [3.05, 3.63) is 69.4 Å². The zero-order valence-electron chi connectivity index (χ0n) is 18.2. The largest absolute Gasteiger partial charge is 0.506 e. The highest BCUT2D eigenvalue weighted by Crippen LogP contribution is 2.37. The Morgan fingerprint density at radius 1 is 1.19 bits per heavy atom. The van der Waals surface area contributed by atoms with Crippen LogP contribution >= 0.6 is 0 Å². The number of hydrogen-bond donors (Lipinski definition) is 5. The van der Waals surface area contributed by atoms with E-state index in [0.29, 0.717) is 28.9 Å². The third-order valence-electron chi connectivity index (χ3n) is 6.58. The van der Waals surface area contributed by atoms with Gasteiger partial charge in [0.05, 0.1) is 11.8 Å². The Labute approximate surface area is 183 Å². The molecule has 0 radical (unpaired) electrons. The highest BCUT2D eigenvalue weighted by atomic mass is 16.3. The number of primary amides is 1. The highest BCUT2D eigenvalue weighted by Gasteiger charge is 2.26. The van der Waals surface area contributed by atoms with E-state index in [4.69, 9.17) is 5.73 Å². The summed E-state index contributed by atoms with van der Waals surface area (Å²) in [7, 11) is 0. The number of hydrogen-bond acceptors (Lipinski definition) is 5. The Balaban J connectivity index is 1.46. The standard InChI is InChI=1S/C25H31N3O3/c1-3-14-7-16-9-19(10-17(16)8-15(14)4-2)27-13-23(30)20-5-6-22(29)24-21(20)11-18(12-28-24)25(26)31/h5-8,12,19,23,27-30H,3-4,9-11,13H2,1-2H3,(H2,26,31). The summed E-state index contributed by atoms with van der Waals surface area (Å²) in [5.74, 6) is -0.426. The predicted octanol–water partition coefficient (Wildman–Crippen LogP) is 2.64. The Kier molecular flexibility index (Phi) is 6.03. The number of nitrogens with one attached hydrogen (secondary N) is 2. The van der Waals surface area contributed by atoms with Crippen molar-refractivity contribution in [3.63, 3.8) is 0 Å². The van der Waals surface area contributed by atoms with Crippen LogP contribution in [0.5, 0.6) is 5.75 Å². The van der Waals surface area contributed by atoms with Gasteiger partial charge in [-0.3, -0.25) is 4.79 Å². The van der Waals surface area contributed by atoms with Gasteiger partial charge < -0.3 is 26.6 Å². The normalized spacial score (nSPS) is 16.3. The van der Waals surface area contributed by atoms with Crippen LogP contribution in [0.3, 0.4) is 0 Å². The lowest BCUT2D eigenvalue weighted by molar-refractivity contribution is -0.114. The molecule has 1 amide bonds. The fourth-order valence-electron chi connectivity index (χ4n) is 4.84. The molecule has 2 aromatic carbocycles. The smallest absolute Gasteiger partial charge is 0.246 e. The minimum atomic E-state index is -0.760. The van der Waals surface area contributed by atoms with Gasteiger partial charge in [0.15, 0.2) is 0 Å². The molecule has 0 saturated heterocycles. The lowest BCUT2D eigenvalue weighted by atomic mass is 9.92. The summed E-state index contributed by atoms with van der Waals surface area (Å²) in [4.78, 5) is 11.6. The van der Waals surface area contributed by atoms with Gasteiger partial charge in [0.1, 0.15) is 5.75 Å². The molecule has 0 fully saturated rings. The third kappa shape index (κ3) is 4.18. The van der Waals surface area contributed by atoms with Crippen molar-refractivity contribution in [3.8, 4) is 5.75 Å². The van der Waals surface area contributed by atoms with E-state index in [1.54, 1.807) is 12.1 Å². The van der Waals surface area contributed by atoms with Crippen LogP contribution < -0.4 is 16.4 Å². The SMILES string of the molecule is CCc1cc2c(cc1CC)CC(NCC(O)c1ccc(O)c3c1CC(C(N)=O)=CN3)C2. The highest BCUT2D eigenvalue weighted by molar-refractivity contribution is 5.94. The maximum Gasteiger partial charge on any atom is 0.246 e. The van der Waals surface area contributed by atoms with Crippen molar-refractivity contribution >= 4 is 11.6 Å². The van der Waals surface area contributed by atoms with Crippen molar-refractivity contribution in [2.75, 3.05) is 11.9 Å². The van der Waals surface area contributed by atoms with Crippen molar-refractivity contribution in [1.29, 1.82) is 0 Å². The minimum absolute atomic E-state index is 0.0865. The number of benzene rings is 2. The first-order valence-electron chi connectivity index (χ1n) is 11.1. The summed E-state index contributed by atoms with van der Waals surface area (Å²) in [6.45, 7) is 4.80. The van der Waals surface area contributed by atoms with Crippen LogP contribution in [0.25, 0.3) is 0 Å². The lowest BCUT2D eigenvalue weighted by Crippen LogP contribution is -2.33. The fraction of sp³-hybridized carbons (Fsp3) is 0.400. The summed E-state index contributed by atoms with van der Waals surface area (Å²) >= 11 is 0. The molecule has 1 unspecified atom stereocenters. The second kappa shape index (κ2) is 8.73. The average Bonchev–Trinajstić information content (AvgIpc) is 3.18. The van der Waals surface area contributed by atoms with E-state index in [9.17, 15) is 15.0 Å². The summed E-state index contributed by atoms with van der Waals surface area (Å²) < 4.78 is 0. The summed E-state index contributed by atoms with van der Waals surface area (Å²) in [5.41, 5.74) is 13.5. The molecule has 1 atom stereocenters. The maximum absolute atomic E-state index is 11.6. The molecule has 1 aliphatic carbocycles. The maximum atomic E-state index is 11.6. The average molecular weight is 422 g/mol. The number of aromatic hydroxyl groups is 1. The first-order valence-corrected chi connectivity index (χ1v) is 11.1. The number of aliphatic hydroxyl groups excluding tert-OH is 1. The number of aliphatic hydroxyl groups is 1. The van der Waals surface area contributed by atoms with E-state index >= 15 is 0 Å². The van der Waals surface area contributed by atoms with E-state index in [-0.39, 0.29) is 18.2 Å². The minimum Gasteiger partial charge on any atom is -0.506 e. The molecular formula is C25H31N3O3. The molecule has 6 N–H and O–H groups in total. The Morgan fingerprint density at radius 2 is 1.84 bits per heavy atom. The van der Waals surface area contributed by atoms with Crippen LogP contribution in [0.1, 0.15) is 53.3 Å². The van der Waals surface area contributed by atoms with Crippen molar-refractivity contribution < 1.29 is 15.0 Å². The number of phenolic OH excluding ortho intramolecular Hbond substituents is 1. The molecule has 6 nitrogen and oxygen atoms in total. The van der Waals surface area contributed by atoms with E-state index < -0.39 is 12.0 Å². The van der Waals surface area contributed by atoms with Crippen molar-refractivity contribution in [1.82, 2.24) is 5.32 Å². The second-order valence-electron chi connectivity index (χ2n) is 8.51. The predicted molar refractivity (Wildman–Crippen MR) is 122 cm³/mol. The molecule has 0 spiro atoms. The lowest BCUT2D eigenvalue weighted by Gasteiger charge is -2.24. The Hall–Kier alpha value is -2.83. The topological polar surface area (TPSA) is 108 Å². The molecule has 1 aliphatic heterocycles. The van der Waals surface area contributed by atoms with Gasteiger partial charge >= 0.3 is 0 Å². The monoisotopic (exact) mass is 421 g/mol. The molecule has 31 heavy (non-hydrogen) atoms. The van der Waals surface area contributed by atoms with Crippen molar-refractivity contribution in [2.24, 2.45) is 5.73 Å². The quantitative estimate of drug-likeness (QED) is 0.442. The van der Waals surface area contributed by atoms with Crippen LogP contribution in [-0.4, -0.2) is 28.7 Å². The molecule has 1 heterocycles. The van der Waals surface area contributed by atoms with Gasteiger partial charge in [-0.25, -0.2) is 0 Å². The first-order chi connectivity index (χ1) is 14.9. The van der Waals surface area contributed by atoms with Gasteiger partial charge in [0.25, 0.3) is 0 Å². The molecular weight excluding hydrogens is 390 g/mol. The fourth-order valence-corrected chi connectivity index (χ4v) is 4.84. The van der Waals surface area contributed by atoms with Gasteiger partial charge in [-0.2, -0.15) is 0 Å². The van der Waals surface area contributed by atoms with Crippen molar-refractivity contribution in [2.45, 2.75) is 58.1 Å². The number of fused-ring (bicyclic) bond motifs is 2. The number of amides is 1. The summed E-state index contributed by atoms with van der Waals surface area (Å²) in [6, 6.07) is 8.28. The van der Waals surface area contributed by atoms with Gasteiger partial charge in [0, 0.05) is 30.8 Å². The van der Waals surface area contributed by atoms with E-state index in [1.807, 2.05) is 0 Å². The zero-order valence-corrected chi connectivity index (χ0v) is 18.2. The van der Waals surface area contributed by atoms with Gasteiger partial charge in [-0.15, -0.1) is 0 Å². The van der Waals surface area contributed by atoms with E-state index in [2.05, 4.69) is 36.6 Å². The van der Waals surface area contributed by atoms with Crippen LogP contribution in [0.2, 0.25) is 0 Å². The Bertz CT molecular complexity index is 1010. The van der Waals surface area contributed by atoms with Gasteiger partial charge in [-0.1, -0.05) is 32.0 Å². The Morgan fingerprint density at radius 3 is 2.42 bits per heavy atom. The number of anilines is 1. The molecule has 0 saturated carbocycles. The molecule has 164 valence electrons. The van der Waals surface area contributed by atoms with E-state index in [1.165, 1.54) is 28.5 Å². The number of nitrogens with two attached hydrogens (primary N) is 1. The number of carbonyl (C=O) groups excluding carboxylic acids is 1. The number of carbonyl (C=O) groups is 1. The first kappa shape index (κ1) is 21.4. The molecule has 2 aliphatic rings. The molecule has 4 rings (SSSR count). The van der Waals surface area contributed by atoms with Crippen LogP contribution in [0, 0.1) is 0 Å². The zero-order chi connectivity index (χ0) is 22.1. The van der Waals surface area contributed by atoms with Gasteiger partial charge in [-0.05, 0) is 65.1 Å². The molecule has 2 aromatic rings. The number of phenols is 1. The molecule has 6 heteroatoms. The summed E-state index contributed by atoms with van der Waals surface area (Å²) in [6.07, 6.45) is 5.07. The van der Waals surface area contributed by atoms with Crippen LogP contribution in [0.4, 0.5) is 5.69 Å². The number of rotatable bonds is 7. The molecule has 0 aromatic heterocycles. The molecule has 0 bridgehead atoms.